The van der Waals surface area contributed by atoms with Gasteiger partial charge < -0.3 is 0 Å². The minimum absolute atomic E-state index is 0.179. The van der Waals surface area contributed by atoms with Crippen molar-refractivity contribution in [3.05, 3.63) is 34.4 Å². The Morgan fingerprint density at radius 1 is 1.00 bits per heavy atom. The molecule has 0 aliphatic rings. The van der Waals surface area contributed by atoms with E-state index in [4.69, 9.17) is 0 Å². The lowest BCUT2D eigenvalue weighted by molar-refractivity contribution is 0.490. The molecule has 98 valence electrons. The highest BCUT2D eigenvalue weighted by molar-refractivity contribution is 5.41. The van der Waals surface area contributed by atoms with Gasteiger partial charge in [0.15, 0.2) is 0 Å². The fraction of sp³-hybridized carbons (Fsp3) is 0.588. The Morgan fingerprint density at radius 2 is 1.44 bits per heavy atom. The molecule has 0 saturated carbocycles. The third kappa shape index (κ3) is 3.35. The third-order valence-electron chi connectivity index (χ3n) is 3.48. The first-order valence-electron chi connectivity index (χ1n) is 6.59. The summed E-state index contributed by atoms with van der Waals surface area (Å²) in [5.41, 5.74) is 5.20. The average molecular weight is 243 g/mol. The second-order valence-electron chi connectivity index (χ2n) is 7.01. The van der Waals surface area contributed by atoms with Crippen LogP contribution in [0.3, 0.4) is 0 Å². The largest absolute Gasteiger partial charge is 0.198 e. The summed E-state index contributed by atoms with van der Waals surface area (Å²) in [7, 11) is 0. The highest BCUT2D eigenvalue weighted by Crippen LogP contribution is 2.30. The lowest BCUT2D eigenvalue weighted by Gasteiger charge is -2.24. The zero-order valence-corrected chi connectivity index (χ0v) is 12.8. The molecule has 1 heteroatoms. The van der Waals surface area contributed by atoms with Gasteiger partial charge in [0.05, 0.1) is 11.5 Å². The van der Waals surface area contributed by atoms with Gasteiger partial charge in [-0.15, -0.1) is 0 Å². The highest BCUT2D eigenvalue weighted by atomic mass is 14.3. The van der Waals surface area contributed by atoms with E-state index in [1.807, 2.05) is 13.8 Å². The highest BCUT2D eigenvalue weighted by Gasteiger charge is 2.22. The van der Waals surface area contributed by atoms with E-state index in [0.29, 0.717) is 0 Å². The van der Waals surface area contributed by atoms with Gasteiger partial charge in [-0.1, -0.05) is 32.9 Å². The maximum Gasteiger partial charge on any atom is 0.0687 e. The van der Waals surface area contributed by atoms with Gasteiger partial charge >= 0.3 is 0 Å². The predicted octanol–water partition coefficient (Wildman–Crippen LogP) is 4.69. The summed E-state index contributed by atoms with van der Waals surface area (Å²) >= 11 is 0. The van der Waals surface area contributed by atoms with E-state index < -0.39 is 0 Å². The van der Waals surface area contributed by atoms with Gasteiger partial charge in [-0.2, -0.15) is 5.26 Å². The van der Waals surface area contributed by atoms with E-state index in [1.54, 1.807) is 0 Å². The predicted molar refractivity (Wildman–Crippen MR) is 77.7 cm³/mol. The molecule has 0 unspecified atom stereocenters. The second kappa shape index (κ2) is 4.76. The van der Waals surface area contributed by atoms with Gasteiger partial charge in [0.2, 0.25) is 0 Å². The summed E-state index contributed by atoms with van der Waals surface area (Å²) in [6, 6.07) is 6.94. The smallest absolute Gasteiger partial charge is 0.0687 e. The first-order valence-corrected chi connectivity index (χ1v) is 6.59. The lowest BCUT2D eigenvalue weighted by Crippen LogP contribution is -2.16. The summed E-state index contributed by atoms with van der Waals surface area (Å²) < 4.78 is 0. The van der Waals surface area contributed by atoms with Gasteiger partial charge in [-0.05, 0) is 61.8 Å². The van der Waals surface area contributed by atoms with Gasteiger partial charge in [0.25, 0.3) is 0 Å². The molecule has 18 heavy (non-hydrogen) atoms. The minimum atomic E-state index is -0.293. The molecule has 1 rings (SSSR count). The monoisotopic (exact) mass is 243 g/mol. The molecule has 0 N–H and O–H groups in total. The molecule has 0 radical (unpaired) electrons. The molecule has 0 bridgehead atoms. The summed E-state index contributed by atoms with van der Waals surface area (Å²) in [5.74, 6) is 0. The fourth-order valence-corrected chi connectivity index (χ4v) is 2.19. The molecule has 1 aromatic carbocycles. The van der Waals surface area contributed by atoms with Crippen molar-refractivity contribution >= 4 is 0 Å². The average Bonchev–Trinajstić information content (AvgIpc) is 2.22. The third-order valence-corrected chi connectivity index (χ3v) is 3.48. The van der Waals surface area contributed by atoms with E-state index in [1.165, 1.54) is 22.3 Å². The van der Waals surface area contributed by atoms with Crippen LogP contribution in [-0.2, 0) is 11.8 Å². The Hall–Kier alpha value is -1.29. The molecule has 0 spiro atoms. The van der Waals surface area contributed by atoms with Crippen molar-refractivity contribution in [2.24, 2.45) is 5.41 Å². The summed E-state index contributed by atoms with van der Waals surface area (Å²) in [5, 5.41) is 9.17. The molecule has 0 aromatic heterocycles. The molecule has 0 aliphatic heterocycles. The zero-order valence-electron chi connectivity index (χ0n) is 12.8. The van der Waals surface area contributed by atoms with Crippen molar-refractivity contribution in [2.75, 3.05) is 0 Å². The zero-order chi connectivity index (χ0) is 14.1. The van der Waals surface area contributed by atoms with Crippen molar-refractivity contribution < 1.29 is 0 Å². The van der Waals surface area contributed by atoms with Gasteiger partial charge in [0.1, 0.15) is 0 Å². The number of benzene rings is 1. The second-order valence-corrected chi connectivity index (χ2v) is 7.01. The quantitative estimate of drug-likeness (QED) is 0.739. The van der Waals surface area contributed by atoms with Gasteiger partial charge in [0, 0.05) is 0 Å². The molecule has 0 heterocycles. The molecular formula is C17H25N. The first kappa shape index (κ1) is 14.8. The van der Waals surface area contributed by atoms with Crippen molar-refractivity contribution in [3.8, 4) is 6.07 Å². The standard InChI is InChI=1S/C17H25N/c1-12-8-14(16(3,4)5)9-13(2)15(12)10-17(6,7)11-18/h8-9H,10H2,1-7H3. The lowest BCUT2D eigenvalue weighted by atomic mass is 9.80. The van der Waals surface area contributed by atoms with E-state index in [-0.39, 0.29) is 10.8 Å². The number of rotatable bonds is 2. The molecule has 0 fully saturated rings. The number of aryl methyl sites for hydroxylation is 2. The Balaban J connectivity index is 3.23. The van der Waals surface area contributed by atoms with Crippen LogP contribution in [0.5, 0.6) is 0 Å². The number of nitrogens with zero attached hydrogens (tertiary/aromatic N) is 1. The normalized spacial score (nSPS) is 12.3. The van der Waals surface area contributed by atoms with Crippen LogP contribution in [0.4, 0.5) is 0 Å². The van der Waals surface area contributed by atoms with Crippen LogP contribution in [0, 0.1) is 30.6 Å². The van der Waals surface area contributed by atoms with Crippen LogP contribution >= 0.6 is 0 Å². The maximum atomic E-state index is 9.17. The summed E-state index contributed by atoms with van der Waals surface area (Å²) in [6.07, 6.45) is 0.825. The fourth-order valence-electron chi connectivity index (χ4n) is 2.19. The molecular weight excluding hydrogens is 218 g/mol. The Morgan fingerprint density at radius 3 is 1.78 bits per heavy atom. The van der Waals surface area contributed by atoms with Crippen LogP contribution < -0.4 is 0 Å². The van der Waals surface area contributed by atoms with Crippen LogP contribution in [0.2, 0.25) is 0 Å². The van der Waals surface area contributed by atoms with Crippen molar-refractivity contribution in [1.82, 2.24) is 0 Å². The van der Waals surface area contributed by atoms with Crippen LogP contribution in [0.15, 0.2) is 12.1 Å². The molecule has 0 aliphatic carbocycles. The van der Waals surface area contributed by atoms with E-state index in [0.717, 1.165) is 6.42 Å². The molecule has 0 atom stereocenters. The Labute approximate surface area is 112 Å². The summed E-state index contributed by atoms with van der Waals surface area (Å²) in [4.78, 5) is 0. The molecule has 0 amide bonds. The Bertz CT molecular complexity index is 458. The van der Waals surface area contributed by atoms with Gasteiger partial charge in [-0.25, -0.2) is 0 Å². The number of hydrogen-bond donors (Lipinski definition) is 0. The number of nitriles is 1. The summed E-state index contributed by atoms with van der Waals surface area (Å²) in [6.45, 7) is 15.0. The number of hydrogen-bond acceptors (Lipinski definition) is 1. The van der Waals surface area contributed by atoms with Crippen molar-refractivity contribution in [2.45, 2.75) is 60.3 Å². The molecule has 1 nitrogen and oxygen atoms in total. The Kier molecular flexibility index (Phi) is 3.91. The van der Waals surface area contributed by atoms with E-state index in [2.05, 4.69) is 52.8 Å². The maximum absolute atomic E-state index is 9.17. The van der Waals surface area contributed by atoms with E-state index >= 15 is 0 Å². The van der Waals surface area contributed by atoms with Crippen LogP contribution in [-0.4, -0.2) is 0 Å². The first-order chi connectivity index (χ1) is 8.07. The molecule has 1 aromatic rings. The molecule has 0 saturated heterocycles. The van der Waals surface area contributed by atoms with Crippen LogP contribution in [0.1, 0.15) is 56.9 Å². The van der Waals surface area contributed by atoms with Gasteiger partial charge in [-0.3, -0.25) is 0 Å². The van der Waals surface area contributed by atoms with Crippen molar-refractivity contribution in [1.29, 1.82) is 5.26 Å². The minimum Gasteiger partial charge on any atom is -0.198 e. The topological polar surface area (TPSA) is 23.8 Å². The van der Waals surface area contributed by atoms with E-state index in [9.17, 15) is 5.26 Å². The van der Waals surface area contributed by atoms with Crippen LogP contribution in [0.25, 0.3) is 0 Å². The van der Waals surface area contributed by atoms with Crippen molar-refractivity contribution in [3.63, 3.8) is 0 Å². The SMILES string of the molecule is Cc1cc(C(C)(C)C)cc(C)c1CC(C)(C)C#N.